The highest BCUT2D eigenvalue weighted by Crippen LogP contribution is 2.37. The van der Waals surface area contributed by atoms with E-state index in [4.69, 9.17) is 0 Å². The Hall–Kier alpha value is -1.82. The molecule has 96 valence electrons. The molecule has 1 aliphatic carbocycles. The van der Waals surface area contributed by atoms with Gasteiger partial charge in [0.15, 0.2) is 5.16 Å². The second-order valence-corrected chi connectivity index (χ2v) is 5.68. The zero-order chi connectivity index (χ0) is 12.7. The van der Waals surface area contributed by atoms with Gasteiger partial charge in [-0.1, -0.05) is 17.8 Å². The van der Waals surface area contributed by atoms with E-state index >= 15 is 0 Å². The molecule has 3 aromatic rings. The van der Waals surface area contributed by atoms with Gasteiger partial charge in [-0.25, -0.2) is 4.98 Å². The molecule has 0 aromatic carbocycles. The van der Waals surface area contributed by atoms with Crippen molar-refractivity contribution in [2.45, 2.75) is 29.8 Å². The van der Waals surface area contributed by atoms with Crippen LogP contribution >= 0.6 is 11.8 Å². The Bertz CT molecular complexity index is 679. The van der Waals surface area contributed by atoms with Crippen LogP contribution in [0.5, 0.6) is 0 Å². The number of imidazole rings is 1. The molecule has 19 heavy (non-hydrogen) atoms. The normalized spacial score (nSPS) is 15.2. The van der Waals surface area contributed by atoms with Gasteiger partial charge in [0.1, 0.15) is 12.0 Å². The first-order valence-corrected chi connectivity index (χ1v) is 7.33. The Morgan fingerprint density at radius 3 is 3.11 bits per heavy atom. The number of nitrogens with zero attached hydrogens (tertiary/aromatic N) is 5. The fourth-order valence-electron chi connectivity index (χ4n) is 2.13. The summed E-state index contributed by atoms with van der Waals surface area (Å²) < 4.78 is 4.22. The third kappa shape index (κ3) is 2.12. The van der Waals surface area contributed by atoms with Crippen LogP contribution < -0.4 is 0 Å². The summed E-state index contributed by atoms with van der Waals surface area (Å²) in [6.45, 7) is 0. The van der Waals surface area contributed by atoms with Gasteiger partial charge in [-0.3, -0.25) is 0 Å². The van der Waals surface area contributed by atoms with Crippen LogP contribution in [0.4, 0.5) is 0 Å². The van der Waals surface area contributed by atoms with Crippen LogP contribution in [0.15, 0.2) is 42.1 Å². The SMILES string of the molecule is c1ccn2cc(CSc3nncn3C3CC3)nc2c1. The van der Waals surface area contributed by atoms with Crippen LogP contribution in [0.2, 0.25) is 0 Å². The molecule has 0 radical (unpaired) electrons. The molecule has 0 bridgehead atoms. The summed E-state index contributed by atoms with van der Waals surface area (Å²) in [5.41, 5.74) is 2.06. The Labute approximate surface area is 114 Å². The highest BCUT2D eigenvalue weighted by atomic mass is 32.2. The largest absolute Gasteiger partial charge is 0.307 e. The lowest BCUT2D eigenvalue weighted by Crippen LogP contribution is -1.94. The van der Waals surface area contributed by atoms with Crippen LogP contribution in [0.1, 0.15) is 24.6 Å². The number of rotatable bonds is 4. The summed E-state index contributed by atoms with van der Waals surface area (Å²) in [5.74, 6) is 0.826. The fourth-order valence-corrected chi connectivity index (χ4v) is 3.00. The molecule has 4 rings (SSSR count). The Kier molecular flexibility index (Phi) is 2.55. The maximum absolute atomic E-state index is 4.59. The van der Waals surface area contributed by atoms with Crippen molar-refractivity contribution in [2.24, 2.45) is 0 Å². The van der Waals surface area contributed by atoms with Gasteiger partial charge < -0.3 is 8.97 Å². The number of fused-ring (bicyclic) bond motifs is 1. The van der Waals surface area contributed by atoms with Gasteiger partial charge in [-0.2, -0.15) is 0 Å². The molecule has 0 saturated heterocycles. The van der Waals surface area contributed by atoms with E-state index in [9.17, 15) is 0 Å². The van der Waals surface area contributed by atoms with Crippen LogP contribution in [0, 0.1) is 0 Å². The van der Waals surface area contributed by atoms with E-state index in [0.29, 0.717) is 6.04 Å². The summed E-state index contributed by atoms with van der Waals surface area (Å²) in [6.07, 6.45) is 8.42. The lowest BCUT2D eigenvalue weighted by Gasteiger charge is -2.02. The summed E-state index contributed by atoms with van der Waals surface area (Å²) in [5, 5.41) is 9.19. The molecule has 0 aliphatic heterocycles. The quantitative estimate of drug-likeness (QED) is 0.684. The molecular weight excluding hydrogens is 258 g/mol. The number of hydrogen-bond donors (Lipinski definition) is 0. The first-order valence-electron chi connectivity index (χ1n) is 6.35. The maximum atomic E-state index is 4.59. The predicted octanol–water partition coefficient (Wildman–Crippen LogP) is 2.55. The van der Waals surface area contributed by atoms with Crippen LogP contribution in [0.3, 0.4) is 0 Å². The van der Waals surface area contributed by atoms with Gasteiger partial charge in [0.2, 0.25) is 0 Å². The van der Waals surface area contributed by atoms with E-state index in [2.05, 4.69) is 25.9 Å². The number of hydrogen-bond acceptors (Lipinski definition) is 4. The van der Waals surface area contributed by atoms with Crippen LogP contribution in [0.25, 0.3) is 5.65 Å². The topological polar surface area (TPSA) is 48.0 Å². The summed E-state index contributed by atoms with van der Waals surface area (Å²) in [4.78, 5) is 4.59. The second kappa shape index (κ2) is 4.38. The molecule has 3 aromatic heterocycles. The molecule has 0 spiro atoms. The third-order valence-electron chi connectivity index (χ3n) is 3.24. The predicted molar refractivity (Wildman–Crippen MR) is 73.0 cm³/mol. The van der Waals surface area contributed by atoms with E-state index in [1.807, 2.05) is 35.1 Å². The van der Waals surface area contributed by atoms with Gasteiger partial charge in [-0.15, -0.1) is 10.2 Å². The van der Waals surface area contributed by atoms with Crippen molar-refractivity contribution in [3.63, 3.8) is 0 Å². The average molecular weight is 271 g/mol. The van der Waals surface area contributed by atoms with E-state index in [1.165, 1.54) is 12.8 Å². The maximum Gasteiger partial charge on any atom is 0.191 e. The molecule has 5 nitrogen and oxygen atoms in total. The second-order valence-electron chi connectivity index (χ2n) is 4.74. The lowest BCUT2D eigenvalue weighted by molar-refractivity contribution is 0.663. The first-order chi connectivity index (χ1) is 9.40. The lowest BCUT2D eigenvalue weighted by atomic mass is 10.5. The van der Waals surface area contributed by atoms with Crippen molar-refractivity contribution >= 4 is 17.4 Å². The first kappa shape index (κ1) is 11.0. The fraction of sp³-hybridized carbons (Fsp3) is 0.308. The zero-order valence-corrected chi connectivity index (χ0v) is 11.1. The Balaban J connectivity index is 1.53. The molecular formula is C13H13N5S. The summed E-state index contributed by atoms with van der Waals surface area (Å²) in [7, 11) is 0. The number of aromatic nitrogens is 5. The van der Waals surface area contributed by atoms with Crippen molar-refractivity contribution in [3.05, 3.63) is 42.6 Å². The van der Waals surface area contributed by atoms with Gasteiger partial charge in [0, 0.05) is 24.2 Å². The smallest absolute Gasteiger partial charge is 0.191 e. The molecule has 3 heterocycles. The minimum atomic E-state index is 0.624. The highest BCUT2D eigenvalue weighted by Gasteiger charge is 2.26. The number of pyridine rings is 1. The molecule has 0 N–H and O–H groups in total. The van der Waals surface area contributed by atoms with Crippen molar-refractivity contribution in [1.82, 2.24) is 24.1 Å². The highest BCUT2D eigenvalue weighted by molar-refractivity contribution is 7.98. The van der Waals surface area contributed by atoms with Crippen molar-refractivity contribution in [1.29, 1.82) is 0 Å². The van der Waals surface area contributed by atoms with E-state index in [-0.39, 0.29) is 0 Å². The molecule has 1 fully saturated rings. The molecule has 0 atom stereocenters. The molecule has 1 saturated carbocycles. The summed E-state index contributed by atoms with van der Waals surface area (Å²) in [6, 6.07) is 6.65. The van der Waals surface area contributed by atoms with E-state index < -0.39 is 0 Å². The van der Waals surface area contributed by atoms with E-state index in [1.54, 1.807) is 11.8 Å². The Morgan fingerprint density at radius 1 is 1.32 bits per heavy atom. The van der Waals surface area contributed by atoms with Crippen molar-refractivity contribution in [3.8, 4) is 0 Å². The minimum absolute atomic E-state index is 0.624. The summed E-state index contributed by atoms with van der Waals surface area (Å²) >= 11 is 1.70. The monoisotopic (exact) mass is 271 g/mol. The molecule has 0 amide bonds. The zero-order valence-electron chi connectivity index (χ0n) is 10.3. The van der Waals surface area contributed by atoms with Crippen LogP contribution in [-0.4, -0.2) is 24.1 Å². The number of thioether (sulfide) groups is 1. The minimum Gasteiger partial charge on any atom is -0.307 e. The standard InChI is InChI=1S/C13H13N5S/c1-2-6-17-7-10(15-12(17)3-1)8-19-13-16-14-9-18(13)11-4-5-11/h1-3,6-7,9,11H,4-5,8H2. The van der Waals surface area contributed by atoms with Gasteiger partial charge in [0.05, 0.1) is 5.69 Å². The van der Waals surface area contributed by atoms with Crippen molar-refractivity contribution < 1.29 is 0 Å². The van der Waals surface area contributed by atoms with Gasteiger partial charge in [-0.05, 0) is 25.0 Å². The third-order valence-corrected chi connectivity index (χ3v) is 4.23. The van der Waals surface area contributed by atoms with Crippen LogP contribution in [-0.2, 0) is 5.75 Å². The molecule has 6 heteroatoms. The average Bonchev–Trinajstić information content (AvgIpc) is 3.03. The van der Waals surface area contributed by atoms with E-state index in [0.717, 1.165) is 22.3 Å². The Morgan fingerprint density at radius 2 is 2.26 bits per heavy atom. The van der Waals surface area contributed by atoms with Gasteiger partial charge in [0.25, 0.3) is 0 Å². The molecule has 1 aliphatic rings. The van der Waals surface area contributed by atoms with Gasteiger partial charge >= 0.3 is 0 Å². The van der Waals surface area contributed by atoms with Crippen molar-refractivity contribution in [2.75, 3.05) is 0 Å². The molecule has 0 unspecified atom stereocenters.